The van der Waals surface area contributed by atoms with E-state index >= 15 is 0 Å². The third-order valence-electron chi connectivity index (χ3n) is 9.82. The van der Waals surface area contributed by atoms with Gasteiger partial charge in [0.15, 0.2) is 6.16 Å². The van der Waals surface area contributed by atoms with E-state index < -0.39 is 7.80 Å². The zero-order chi connectivity index (χ0) is 34.7. The molecule has 0 aliphatic carbocycles. The lowest BCUT2D eigenvalue weighted by Crippen LogP contribution is -2.52. The van der Waals surface area contributed by atoms with Gasteiger partial charge in [-0.25, -0.2) is 4.98 Å². The molecule has 49 heavy (non-hydrogen) atoms. The first-order valence-corrected chi connectivity index (χ1v) is 19.7. The fourth-order valence-electron chi connectivity index (χ4n) is 6.88. The Hall–Kier alpha value is -3.57. The molecule has 1 unspecified atom stereocenters. The summed E-state index contributed by atoms with van der Waals surface area (Å²) in [5, 5.41) is 8.07. The summed E-state index contributed by atoms with van der Waals surface area (Å²) in [5.74, 6) is 1.85. The van der Waals surface area contributed by atoms with Crippen LogP contribution in [0.25, 0.3) is 11.3 Å². The van der Waals surface area contributed by atoms with E-state index in [1.807, 2.05) is 40.8 Å². The number of piperidine rings is 1. The van der Waals surface area contributed by atoms with Crippen molar-refractivity contribution < 1.29 is 9.30 Å². The molecular formula is C36H48BrN9O2P+. The van der Waals surface area contributed by atoms with Crippen molar-refractivity contribution in [2.75, 3.05) is 74.2 Å². The van der Waals surface area contributed by atoms with Crippen LogP contribution in [0.15, 0.2) is 48.7 Å². The summed E-state index contributed by atoms with van der Waals surface area (Å²) in [6, 6.07) is 15.0. The Morgan fingerprint density at radius 1 is 1.02 bits per heavy atom. The maximum absolute atomic E-state index is 12.5. The largest absolute Gasteiger partial charge is 0.494 e. The lowest BCUT2D eigenvalue weighted by molar-refractivity contribution is 0.0982. The van der Waals surface area contributed by atoms with Crippen LogP contribution in [-0.4, -0.2) is 95.7 Å². The molecule has 0 bridgehead atoms. The normalized spacial score (nSPS) is 16.6. The molecule has 260 valence electrons. The van der Waals surface area contributed by atoms with Crippen molar-refractivity contribution in [3.05, 3.63) is 65.5 Å². The van der Waals surface area contributed by atoms with Crippen LogP contribution in [0.4, 0.5) is 28.8 Å². The van der Waals surface area contributed by atoms with Gasteiger partial charge in [0.2, 0.25) is 5.95 Å². The molecule has 0 amide bonds. The molecule has 13 heteroatoms. The number of methoxy groups -OCH3 is 1. The van der Waals surface area contributed by atoms with Crippen molar-refractivity contribution in [3.63, 3.8) is 0 Å². The number of halogens is 1. The predicted octanol–water partition coefficient (Wildman–Crippen LogP) is 7.12. The standard InChI is InChI=1S/C36H48BrN9O2P/c1-7-26-22-31(34(48-5)23-33(26)45-14-11-29(12-15-45)44-18-16-42(3)17-19-44)39-36-38-13-10-35(40-36)46(37)32-9-8-27(21-28(32)24-49(6)47)30-20-25(2)43(4)41-30/h8-10,13,20-23,29H,7,11-12,14-19,24H2,1-6H3,(H,38,39,40)/q+1. The summed E-state index contributed by atoms with van der Waals surface area (Å²) in [6.07, 6.45) is 5.43. The van der Waals surface area contributed by atoms with Crippen LogP contribution in [0.3, 0.4) is 0 Å². The molecule has 0 saturated carbocycles. The molecule has 2 fully saturated rings. The Morgan fingerprint density at radius 3 is 2.43 bits per heavy atom. The second-order valence-corrected chi connectivity index (χ2v) is 15.4. The molecule has 0 radical (unpaired) electrons. The average Bonchev–Trinajstić information content (AvgIpc) is 3.45. The highest BCUT2D eigenvalue weighted by atomic mass is 79.9. The van der Waals surface area contributed by atoms with Crippen LogP contribution in [-0.2, 0) is 24.2 Å². The van der Waals surface area contributed by atoms with Crippen molar-refractivity contribution >= 4 is 52.8 Å². The minimum Gasteiger partial charge on any atom is -0.494 e. The summed E-state index contributed by atoms with van der Waals surface area (Å²) in [4.78, 5) is 17.0. The zero-order valence-corrected chi connectivity index (χ0v) is 32.0. The van der Waals surface area contributed by atoms with Gasteiger partial charge in [0.05, 0.1) is 40.3 Å². The van der Waals surface area contributed by atoms with Crippen LogP contribution < -0.4 is 18.9 Å². The number of hydrogen-bond acceptors (Lipinski definition) is 10. The van der Waals surface area contributed by atoms with Gasteiger partial charge in [0.25, 0.3) is 0 Å². The van der Waals surface area contributed by atoms with Gasteiger partial charge in [0, 0.05) is 93.2 Å². The topological polar surface area (TPSA) is 94.9 Å². The van der Waals surface area contributed by atoms with E-state index in [2.05, 4.69) is 84.5 Å². The van der Waals surface area contributed by atoms with E-state index in [-0.39, 0.29) is 0 Å². The van der Waals surface area contributed by atoms with E-state index in [4.69, 9.17) is 9.72 Å². The highest BCUT2D eigenvalue weighted by Crippen LogP contribution is 2.39. The van der Waals surface area contributed by atoms with Gasteiger partial charge in [-0.3, -0.25) is 13.5 Å². The van der Waals surface area contributed by atoms with Crippen molar-refractivity contribution in [1.82, 2.24) is 29.5 Å². The second-order valence-electron chi connectivity index (χ2n) is 13.2. The number of benzene rings is 2. The maximum atomic E-state index is 12.5. The molecule has 1 atom stereocenters. The quantitative estimate of drug-likeness (QED) is 0.126. The van der Waals surface area contributed by atoms with Crippen molar-refractivity contribution in [1.29, 1.82) is 0 Å². The Bertz CT molecular complexity index is 1760. The Labute approximate surface area is 299 Å². The molecule has 0 spiro atoms. The summed E-state index contributed by atoms with van der Waals surface area (Å²) >= 11 is 3.75. The number of likely N-dealkylation sites (N-methyl/N-ethyl adjacent to an activating group) is 1. The van der Waals surface area contributed by atoms with E-state index in [1.54, 1.807) is 20.0 Å². The van der Waals surface area contributed by atoms with Crippen molar-refractivity contribution in [2.24, 2.45) is 7.05 Å². The lowest BCUT2D eigenvalue weighted by atomic mass is 9.99. The van der Waals surface area contributed by atoms with Gasteiger partial charge in [-0.05, 0) is 63.1 Å². The summed E-state index contributed by atoms with van der Waals surface area (Å²) in [5.41, 5.74) is 8.07. The molecule has 6 rings (SSSR count). The van der Waals surface area contributed by atoms with Crippen LogP contribution in [0, 0.1) is 6.92 Å². The molecule has 2 saturated heterocycles. The third kappa shape index (κ3) is 8.09. The van der Waals surface area contributed by atoms with E-state index in [0.29, 0.717) is 24.0 Å². The summed E-state index contributed by atoms with van der Waals surface area (Å²) in [6.45, 7) is 12.7. The van der Waals surface area contributed by atoms with Gasteiger partial charge in [-0.15, -0.1) is 0 Å². The average molecular weight is 750 g/mol. The van der Waals surface area contributed by atoms with Gasteiger partial charge < -0.3 is 19.9 Å². The minimum absolute atomic E-state index is 0.430. The number of nitrogens with zero attached hydrogens (tertiary/aromatic N) is 8. The maximum Gasteiger partial charge on any atom is 0.340 e. The zero-order valence-electron chi connectivity index (χ0n) is 29.5. The van der Waals surface area contributed by atoms with Gasteiger partial charge >= 0.3 is 7.80 Å². The van der Waals surface area contributed by atoms with E-state index in [0.717, 1.165) is 72.2 Å². The molecule has 2 aliphatic heterocycles. The third-order valence-corrected chi connectivity index (χ3v) is 11.4. The first kappa shape index (κ1) is 35.3. The minimum atomic E-state index is -1.42. The molecule has 4 heterocycles. The number of aromatic nitrogens is 4. The van der Waals surface area contributed by atoms with Gasteiger partial charge in [-0.1, -0.05) is 17.6 Å². The first-order valence-electron chi connectivity index (χ1n) is 17.1. The van der Waals surface area contributed by atoms with E-state index in [1.165, 1.54) is 37.2 Å². The van der Waals surface area contributed by atoms with Gasteiger partial charge in [-0.2, -0.15) is 10.1 Å². The summed E-state index contributed by atoms with van der Waals surface area (Å²) < 4.78 is 22.1. The highest BCUT2D eigenvalue weighted by molar-refractivity contribution is 9.10. The van der Waals surface area contributed by atoms with Crippen molar-refractivity contribution in [2.45, 2.75) is 45.3 Å². The molecule has 2 aromatic heterocycles. The molecule has 2 aliphatic rings. The Morgan fingerprint density at radius 2 is 1.78 bits per heavy atom. The van der Waals surface area contributed by atoms with Crippen LogP contribution in [0.2, 0.25) is 0 Å². The SMILES string of the molecule is CCc1cc(Nc2nccc(N(Br)c3ccc(-c4cc(C)n(C)n4)cc3C[P+](C)=O)n2)c(OC)cc1N1CCC(N2CCN(C)CC2)CC1. The monoisotopic (exact) mass is 748 g/mol. The number of ether oxygens (including phenoxy) is 1. The Balaban J connectivity index is 1.20. The van der Waals surface area contributed by atoms with E-state index in [9.17, 15) is 4.57 Å². The number of aryl methyl sites for hydroxylation is 3. The Kier molecular flexibility index (Phi) is 11.2. The molecule has 1 N–H and O–H groups in total. The molecular weight excluding hydrogens is 701 g/mol. The smallest absolute Gasteiger partial charge is 0.340 e. The number of piperazine rings is 1. The number of nitrogens with one attached hydrogen (secondary N) is 1. The fourth-order valence-corrected chi connectivity index (χ4v) is 8.16. The van der Waals surface area contributed by atoms with Crippen LogP contribution in [0.1, 0.15) is 36.6 Å². The highest BCUT2D eigenvalue weighted by Gasteiger charge is 2.28. The van der Waals surface area contributed by atoms with Crippen LogP contribution in [0.5, 0.6) is 5.75 Å². The molecule has 2 aromatic carbocycles. The number of anilines is 5. The fraction of sp³-hybridized carbons (Fsp3) is 0.472. The summed E-state index contributed by atoms with van der Waals surface area (Å²) in [7, 11) is 4.44. The number of rotatable bonds is 11. The first-order chi connectivity index (χ1) is 23.6. The second kappa shape index (κ2) is 15.5. The number of hydrogen-bond donors (Lipinski definition) is 1. The van der Waals surface area contributed by atoms with Gasteiger partial charge in [0.1, 0.15) is 18.2 Å². The van der Waals surface area contributed by atoms with Crippen LogP contribution >= 0.6 is 23.9 Å². The van der Waals surface area contributed by atoms with Crippen molar-refractivity contribution in [3.8, 4) is 17.0 Å². The lowest BCUT2D eigenvalue weighted by Gasteiger charge is -2.43. The molecule has 4 aromatic rings. The predicted molar refractivity (Wildman–Crippen MR) is 204 cm³/mol. The molecule has 11 nitrogen and oxygen atoms in total.